The van der Waals surface area contributed by atoms with Gasteiger partial charge in [0.2, 0.25) is 0 Å². The molecule has 1 saturated carbocycles. The van der Waals surface area contributed by atoms with E-state index in [0.29, 0.717) is 12.5 Å². The molecule has 0 aromatic carbocycles. The van der Waals surface area contributed by atoms with Crippen LogP contribution in [-0.4, -0.2) is 35.7 Å². The van der Waals surface area contributed by atoms with Crippen molar-refractivity contribution < 1.29 is 5.11 Å². The highest BCUT2D eigenvalue weighted by atomic mass is 16.3. The Balaban J connectivity index is 1.80. The molecule has 1 saturated heterocycles. The average Bonchev–Trinajstić information content (AvgIpc) is 2.97. The molecular weight excluding hydrogens is 162 g/mol. The second kappa shape index (κ2) is 3.97. The quantitative estimate of drug-likeness (QED) is 0.716. The van der Waals surface area contributed by atoms with Gasteiger partial charge in [-0.25, -0.2) is 0 Å². The molecular formula is C11H21NO. The fourth-order valence-corrected chi connectivity index (χ4v) is 2.61. The molecule has 0 aromatic rings. The topological polar surface area (TPSA) is 23.5 Å². The second-order valence-electron chi connectivity index (χ2n) is 4.66. The maximum atomic E-state index is 9.00. The molecule has 2 aliphatic rings. The van der Waals surface area contributed by atoms with Gasteiger partial charge in [-0.05, 0) is 37.6 Å². The molecule has 0 amide bonds. The lowest BCUT2D eigenvalue weighted by molar-refractivity contribution is 0.147. The van der Waals surface area contributed by atoms with Gasteiger partial charge in [-0.3, -0.25) is 4.90 Å². The smallest absolute Gasteiger partial charge is 0.0474 e. The van der Waals surface area contributed by atoms with Crippen molar-refractivity contribution in [1.82, 2.24) is 4.90 Å². The number of hydrogen-bond donors (Lipinski definition) is 1. The fourth-order valence-electron chi connectivity index (χ4n) is 2.61. The van der Waals surface area contributed by atoms with Gasteiger partial charge in [0, 0.05) is 19.2 Å². The van der Waals surface area contributed by atoms with Crippen LogP contribution < -0.4 is 0 Å². The zero-order valence-corrected chi connectivity index (χ0v) is 8.58. The normalized spacial score (nSPS) is 40.6. The summed E-state index contributed by atoms with van der Waals surface area (Å²) in [6, 6.07) is 0.736. The van der Waals surface area contributed by atoms with Crippen LogP contribution in [0.5, 0.6) is 0 Å². The molecule has 0 aromatic heterocycles. The Morgan fingerprint density at radius 2 is 2.31 bits per heavy atom. The summed E-state index contributed by atoms with van der Waals surface area (Å²) in [5.74, 6) is 1.53. The molecule has 76 valence electrons. The van der Waals surface area contributed by atoms with Crippen molar-refractivity contribution in [3.63, 3.8) is 0 Å². The Kier molecular flexibility index (Phi) is 2.89. The zero-order chi connectivity index (χ0) is 9.26. The molecule has 3 atom stereocenters. The van der Waals surface area contributed by atoms with Crippen LogP contribution in [0.1, 0.15) is 32.6 Å². The average molecular weight is 183 g/mol. The molecule has 2 nitrogen and oxygen atoms in total. The van der Waals surface area contributed by atoms with Crippen molar-refractivity contribution in [3.05, 3.63) is 0 Å². The third-order valence-electron chi connectivity index (χ3n) is 3.72. The summed E-state index contributed by atoms with van der Waals surface area (Å²) in [4.78, 5) is 2.61. The minimum Gasteiger partial charge on any atom is -0.396 e. The van der Waals surface area contributed by atoms with Gasteiger partial charge in [-0.1, -0.05) is 13.3 Å². The highest BCUT2D eigenvalue weighted by molar-refractivity contribution is 4.96. The Hall–Kier alpha value is -0.0800. The molecule has 3 unspecified atom stereocenters. The fraction of sp³-hybridized carbons (Fsp3) is 1.00. The Bertz CT molecular complexity index is 171. The SMILES string of the molecule is CCC1CCCN(C2CC2CO)C1. The van der Waals surface area contributed by atoms with Gasteiger partial charge >= 0.3 is 0 Å². The van der Waals surface area contributed by atoms with Crippen LogP contribution in [0.25, 0.3) is 0 Å². The van der Waals surface area contributed by atoms with Crippen molar-refractivity contribution in [2.75, 3.05) is 19.7 Å². The molecule has 13 heavy (non-hydrogen) atoms. The van der Waals surface area contributed by atoms with E-state index in [9.17, 15) is 0 Å². The molecule has 2 fully saturated rings. The third kappa shape index (κ3) is 2.05. The molecule has 1 aliphatic heterocycles. The predicted molar refractivity (Wildman–Crippen MR) is 53.6 cm³/mol. The summed E-state index contributed by atoms with van der Waals surface area (Å²) in [5, 5.41) is 9.00. The lowest BCUT2D eigenvalue weighted by atomic mass is 9.95. The lowest BCUT2D eigenvalue weighted by Gasteiger charge is -2.32. The molecule has 2 heteroatoms. The number of aliphatic hydroxyl groups excluding tert-OH is 1. The minimum atomic E-state index is 0.401. The first-order valence-electron chi connectivity index (χ1n) is 5.70. The van der Waals surface area contributed by atoms with E-state index >= 15 is 0 Å². The summed E-state index contributed by atoms with van der Waals surface area (Å²) >= 11 is 0. The van der Waals surface area contributed by atoms with E-state index in [-0.39, 0.29) is 0 Å². The van der Waals surface area contributed by atoms with Crippen molar-refractivity contribution in [1.29, 1.82) is 0 Å². The van der Waals surface area contributed by atoms with Crippen LogP contribution in [0.4, 0.5) is 0 Å². The van der Waals surface area contributed by atoms with E-state index in [1.165, 1.54) is 38.8 Å². The van der Waals surface area contributed by atoms with Crippen LogP contribution in [0, 0.1) is 11.8 Å². The lowest BCUT2D eigenvalue weighted by Crippen LogP contribution is -2.37. The Morgan fingerprint density at radius 1 is 1.46 bits per heavy atom. The van der Waals surface area contributed by atoms with E-state index in [4.69, 9.17) is 5.11 Å². The number of rotatable bonds is 3. The number of nitrogens with zero attached hydrogens (tertiary/aromatic N) is 1. The van der Waals surface area contributed by atoms with Gasteiger partial charge < -0.3 is 5.11 Å². The second-order valence-corrected chi connectivity index (χ2v) is 4.66. The Morgan fingerprint density at radius 3 is 2.92 bits per heavy atom. The summed E-state index contributed by atoms with van der Waals surface area (Å²) in [5.41, 5.74) is 0. The number of hydrogen-bond acceptors (Lipinski definition) is 2. The van der Waals surface area contributed by atoms with Crippen molar-refractivity contribution in [3.8, 4) is 0 Å². The first-order valence-corrected chi connectivity index (χ1v) is 5.70. The minimum absolute atomic E-state index is 0.401. The number of aliphatic hydroxyl groups is 1. The Labute approximate surface area is 80.9 Å². The van der Waals surface area contributed by atoms with Crippen LogP contribution in [0.2, 0.25) is 0 Å². The molecule has 0 radical (unpaired) electrons. The van der Waals surface area contributed by atoms with Gasteiger partial charge in [-0.2, -0.15) is 0 Å². The highest BCUT2D eigenvalue weighted by Gasteiger charge is 2.42. The first-order chi connectivity index (χ1) is 6.35. The van der Waals surface area contributed by atoms with Gasteiger partial charge in [0.05, 0.1) is 0 Å². The molecule has 0 spiro atoms. The molecule has 1 aliphatic carbocycles. The van der Waals surface area contributed by atoms with E-state index in [1.54, 1.807) is 0 Å². The van der Waals surface area contributed by atoms with Crippen molar-refractivity contribution in [2.24, 2.45) is 11.8 Å². The summed E-state index contributed by atoms with van der Waals surface area (Å²) in [7, 11) is 0. The van der Waals surface area contributed by atoms with Gasteiger partial charge in [0.1, 0.15) is 0 Å². The summed E-state index contributed by atoms with van der Waals surface area (Å²) in [6.45, 7) is 5.26. The molecule has 1 heterocycles. The van der Waals surface area contributed by atoms with Crippen LogP contribution in [-0.2, 0) is 0 Å². The number of piperidine rings is 1. The van der Waals surface area contributed by atoms with E-state index in [2.05, 4.69) is 11.8 Å². The monoisotopic (exact) mass is 183 g/mol. The van der Waals surface area contributed by atoms with Crippen molar-refractivity contribution >= 4 is 0 Å². The molecule has 0 bridgehead atoms. The van der Waals surface area contributed by atoms with Crippen molar-refractivity contribution in [2.45, 2.75) is 38.6 Å². The summed E-state index contributed by atoms with van der Waals surface area (Å²) < 4.78 is 0. The van der Waals surface area contributed by atoms with Crippen LogP contribution >= 0.6 is 0 Å². The first kappa shape index (κ1) is 9.47. The van der Waals surface area contributed by atoms with Crippen LogP contribution in [0.3, 0.4) is 0 Å². The predicted octanol–water partition coefficient (Wildman–Crippen LogP) is 1.49. The van der Waals surface area contributed by atoms with Gasteiger partial charge in [-0.15, -0.1) is 0 Å². The highest BCUT2D eigenvalue weighted by Crippen LogP contribution is 2.37. The van der Waals surface area contributed by atoms with E-state index < -0.39 is 0 Å². The zero-order valence-electron chi connectivity index (χ0n) is 8.58. The standard InChI is InChI=1S/C11H21NO/c1-2-9-4-3-5-12(7-9)11-6-10(11)8-13/h9-11,13H,2-8H2,1H3. The maximum absolute atomic E-state index is 9.00. The third-order valence-corrected chi connectivity index (χ3v) is 3.72. The van der Waals surface area contributed by atoms with E-state index in [1.807, 2.05) is 0 Å². The summed E-state index contributed by atoms with van der Waals surface area (Å²) in [6.07, 6.45) is 5.36. The molecule has 2 rings (SSSR count). The van der Waals surface area contributed by atoms with Gasteiger partial charge in [0.25, 0.3) is 0 Å². The maximum Gasteiger partial charge on any atom is 0.0474 e. The van der Waals surface area contributed by atoms with E-state index in [0.717, 1.165) is 12.0 Å². The van der Waals surface area contributed by atoms with Gasteiger partial charge in [0.15, 0.2) is 0 Å². The molecule has 1 N–H and O–H groups in total. The number of likely N-dealkylation sites (tertiary alicyclic amines) is 1. The van der Waals surface area contributed by atoms with Crippen LogP contribution in [0.15, 0.2) is 0 Å². The largest absolute Gasteiger partial charge is 0.396 e.